The Morgan fingerprint density at radius 1 is 1.24 bits per heavy atom. The van der Waals surface area contributed by atoms with Gasteiger partial charge in [0.2, 0.25) is 0 Å². The number of halogens is 2. The number of benzene rings is 1. The monoisotopic (exact) mass is 257 g/mol. The number of alkyl halides is 1. The van der Waals surface area contributed by atoms with Crippen LogP contribution in [0.15, 0.2) is 18.2 Å². The average molecular weight is 258 g/mol. The molecule has 1 aromatic carbocycles. The molecule has 0 saturated carbocycles. The first kappa shape index (κ1) is 14.5. The van der Waals surface area contributed by atoms with Gasteiger partial charge in [-0.25, -0.2) is 4.39 Å². The molecule has 96 valence electrons. The third-order valence-corrected chi connectivity index (χ3v) is 3.19. The summed E-state index contributed by atoms with van der Waals surface area (Å²) in [6, 6.07) is 5.00. The molecule has 0 atom stereocenters. The Labute approximate surface area is 109 Å². The summed E-state index contributed by atoms with van der Waals surface area (Å²) < 4.78 is 12.9. The van der Waals surface area contributed by atoms with Gasteiger partial charge in [0, 0.05) is 12.4 Å². The predicted octanol–water partition coefficient (Wildman–Crippen LogP) is 3.98. The first-order chi connectivity index (χ1) is 8.13. The Bertz CT molecular complexity index is 341. The maximum Gasteiger partial charge on any atom is 0.123 e. The molecule has 0 heterocycles. The topological polar surface area (TPSA) is 3.24 Å². The number of hydrogen-bond donors (Lipinski definition) is 0. The van der Waals surface area contributed by atoms with E-state index in [1.807, 2.05) is 13.0 Å². The number of nitrogens with zero attached hydrogens (tertiary/aromatic N) is 1. The van der Waals surface area contributed by atoms with Crippen LogP contribution in [0.25, 0.3) is 0 Å². The minimum Gasteiger partial charge on any atom is -0.302 e. The quantitative estimate of drug-likeness (QED) is 0.528. The zero-order chi connectivity index (χ0) is 12.7. The Morgan fingerprint density at radius 3 is 2.65 bits per heavy atom. The fourth-order valence-corrected chi connectivity index (χ4v) is 2.05. The maximum atomic E-state index is 12.9. The van der Waals surface area contributed by atoms with Crippen LogP contribution in [0.3, 0.4) is 0 Å². The third-order valence-electron chi connectivity index (χ3n) is 2.92. The van der Waals surface area contributed by atoms with Crippen LogP contribution in [0.1, 0.15) is 30.4 Å². The fraction of sp³-hybridized carbons (Fsp3) is 0.571. The van der Waals surface area contributed by atoms with Crippen LogP contribution in [0, 0.1) is 12.7 Å². The van der Waals surface area contributed by atoms with Crippen molar-refractivity contribution >= 4 is 11.6 Å². The largest absolute Gasteiger partial charge is 0.302 e. The lowest BCUT2D eigenvalue weighted by Crippen LogP contribution is -2.19. The Hall–Kier alpha value is -0.600. The minimum absolute atomic E-state index is 0.156. The van der Waals surface area contributed by atoms with E-state index < -0.39 is 0 Å². The second kappa shape index (κ2) is 7.67. The van der Waals surface area contributed by atoms with Crippen molar-refractivity contribution in [1.29, 1.82) is 0 Å². The molecule has 0 N–H and O–H groups in total. The molecule has 0 aromatic heterocycles. The smallest absolute Gasteiger partial charge is 0.123 e. The minimum atomic E-state index is -0.156. The van der Waals surface area contributed by atoms with E-state index in [-0.39, 0.29) is 5.82 Å². The van der Waals surface area contributed by atoms with Crippen molar-refractivity contribution in [3.63, 3.8) is 0 Å². The Balaban J connectivity index is 2.37. The molecule has 0 fully saturated rings. The van der Waals surface area contributed by atoms with Crippen LogP contribution in [0.5, 0.6) is 0 Å². The van der Waals surface area contributed by atoms with Gasteiger partial charge in [0.15, 0.2) is 0 Å². The normalized spacial score (nSPS) is 11.1. The van der Waals surface area contributed by atoms with Gasteiger partial charge < -0.3 is 4.90 Å². The van der Waals surface area contributed by atoms with Crippen molar-refractivity contribution in [3.05, 3.63) is 35.1 Å². The molecule has 1 rings (SSSR count). The van der Waals surface area contributed by atoms with E-state index in [0.717, 1.165) is 31.0 Å². The van der Waals surface area contributed by atoms with Crippen LogP contribution in [-0.2, 0) is 6.54 Å². The highest BCUT2D eigenvalue weighted by Gasteiger charge is 2.04. The van der Waals surface area contributed by atoms with Gasteiger partial charge in [-0.3, -0.25) is 0 Å². The highest BCUT2D eigenvalue weighted by Crippen LogP contribution is 2.12. The Morgan fingerprint density at radius 2 is 2.00 bits per heavy atom. The number of aryl methyl sites for hydroxylation is 1. The summed E-state index contributed by atoms with van der Waals surface area (Å²) in [5.41, 5.74) is 2.23. The van der Waals surface area contributed by atoms with Gasteiger partial charge >= 0.3 is 0 Å². The van der Waals surface area contributed by atoms with Crippen LogP contribution in [-0.4, -0.2) is 24.4 Å². The van der Waals surface area contributed by atoms with Crippen molar-refractivity contribution < 1.29 is 4.39 Å². The molecule has 3 heteroatoms. The molecule has 0 aliphatic rings. The molecule has 0 spiro atoms. The average Bonchev–Trinajstić information content (AvgIpc) is 2.28. The number of rotatable bonds is 7. The van der Waals surface area contributed by atoms with Crippen LogP contribution in [0.2, 0.25) is 0 Å². The second-order valence-corrected chi connectivity index (χ2v) is 4.94. The van der Waals surface area contributed by atoms with Crippen LogP contribution < -0.4 is 0 Å². The van der Waals surface area contributed by atoms with Gasteiger partial charge in [-0.15, -0.1) is 11.6 Å². The molecule has 0 radical (unpaired) electrons. The standard InChI is InChI=1S/C14H21ClFN/c1-12-10-14(16)7-6-13(12)11-17(2)9-5-3-4-8-15/h6-7,10H,3-5,8-9,11H2,1-2H3. The van der Waals surface area contributed by atoms with Crippen molar-refractivity contribution in [2.24, 2.45) is 0 Å². The Kier molecular flexibility index (Phi) is 6.53. The van der Waals surface area contributed by atoms with Gasteiger partial charge in [-0.2, -0.15) is 0 Å². The molecule has 0 unspecified atom stereocenters. The van der Waals surface area contributed by atoms with E-state index in [1.54, 1.807) is 6.07 Å². The molecule has 0 aliphatic carbocycles. The third kappa shape index (κ3) is 5.51. The second-order valence-electron chi connectivity index (χ2n) is 4.56. The van der Waals surface area contributed by atoms with Crippen molar-refractivity contribution in [2.45, 2.75) is 32.7 Å². The van der Waals surface area contributed by atoms with Crippen molar-refractivity contribution in [1.82, 2.24) is 4.90 Å². The van der Waals surface area contributed by atoms with E-state index in [2.05, 4.69) is 11.9 Å². The van der Waals surface area contributed by atoms with Crippen LogP contribution in [0.4, 0.5) is 4.39 Å². The fourth-order valence-electron chi connectivity index (χ4n) is 1.86. The summed E-state index contributed by atoms with van der Waals surface area (Å²) in [5, 5.41) is 0. The van der Waals surface area contributed by atoms with Gasteiger partial charge in [0.05, 0.1) is 0 Å². The molecule has 1 nitrogen and oxygen atoms in total. The molecule has 0 amide bonds. The highest BCUT2D eigenvalue weighted by molar-refractivity contribution is 6.17. The molecule has 1 aromatic rings. The summed E-state index contributed by atoms with van der Waals surface area (Å²) in [5.74, 6) is 0.594. The highest BCUT2D eigenvalue weighted by atomic mass is 35.5. The van der Waals surface area contributed by atoms with E-state index >= 15 is 0 Å². The maximum absolute atomic E-state index is 12.9. The molecule has 0 saturated heterocycles. The summed E-state index contributed by atoms with van der Waals surface area (Å²) in [6.07, 6.45) is 3.44. The first-order valence-corrected chi connectivity index (χ1v) is 6.66. The lowest BCUT2D eigenvalue weighted by molar-refractivity contribution is 0.317. The summed E-state index contributed by atoms with van der Waals surface area (Å²) in [4.78, 5) is 2.27. The SMILES string of the molecule is Cc1cc(F)ccc1CN(C)CCCCCCl. The van der Waals surface area contributed by atoms with Crippen molar-refractivity contribution in [2.75, 3.05) is 19.5 Å². The summed E-state index contributed by atoms with van der Waals surface area (Å²) in [7, 11) is 2.10. The van der Waals surface area contributed by atoms with E-state index in [0.29, 0.717) is 0 Å². The zero-order valence-electron chi connectivity index (χ0n) is 10.7. The van der Waals surface area contributed by atoms with Crippen LogP contribution >= 0.6 is 11.6 Å². The molecular weight excluding hydrogens is 237 g/mol. The first-order valence-electron chi connectivity index (χ1n) is 6.13. The van der Waals surface area contributed by atoms with E-state index in [9.17, 15) is 4.39 Å². The lowest BCUT2D eigenvalue weighted by atomic mass is 10.1. The molecule has 0 aliphatic heterocycles. The van der Waals surface area contributed by atoms with E-state index in [4.69, 9.17) is 11.6 Å². The van der Waals surface area contributed by atoms with Crippen molar-refractivity contribution in [3.8, 4) is 0 Å². The summed E-state index contributed by atoms with van der Waals surface area (Å²) in [6.45, 7) is 3.90. The molecular formula is C14H21ClFN. The molecule has 0 bridgehead atoms. The molecule has 17 heavy (non-hydrogen) atoms. The van der Waals surface area contributed by atoms with Gasteiger partial charge in [0.1, 0.15) is 5.82 Å². The van der Waals surface area contributed by atoms with Gasteiger partial charge in [-0.1, -0.05) is 12.5 Å². The number of unbranched alkanes of at least 4 members (excludes halogenated alkanes) is 2. The predicted molar refractivity (Wildman–Crippen MR) is 72.0 cm³/mol. The van der Waals surface area contributed by atoms with E-state index in [1.165, 1.54) is 24.5 Å². The lowest BCUT2D eigenvalue weighted by Gasteiger charge is -2.17. The zero-order valence-corrected chi connectivity index (χ0v) is 11.4. The summed E-state index contributed by atoms with van der Waals surface area (Å²) >= 11 is 5.63. The van der Waals surface area contributed by atoms with Gasteiger partial charge in [0.25, 0.3) is 0 Å². The number of hydrogen-bond acceptors (Lipinski definition) is 1. The van der Waals surface area contributed by atoms with Gasteiger partial charge in [-0.05, 0) is 56.6 Å².